The maximum atomic E-state index is 5.81. The van der Waals surface area contributed by atoms with E-state index in [1.54, 1.807) is 12.4 Å². The summed E-state index contributed by atoms with van der Waals surface area (Å²) in [7, 11) is 0. The smallest absolute Gasteiger partial charge is 0.116 e. The number of aromatic nitrogens is 3. The van der Waals surface area contributed by atoms with Crippen LogP contribution in [0.1, 0.15) is 26.6 Å². The Morgan fingerprint density at radius 1 is 1.44 bits per heavy atom. The molecule has 0 saturated heterocycles. The van der Waals surface area contributed by atoms with Crippen LogP contribution in [0.2, 0.25) is 0 Å². The number of nitrogens with two attached hydrogens (primary N) is 1. The van der Waals surface area contributed by atoms with Gasteiger partial charge in [0.05, 0.1) is 11.7 Å². The fourth-order valence-corrected chi connectivity index (χ4v) is 1.91. The maximum Gasteiger partial charge on any atom is 0.116 e. The third-order valence-electron chi connectivity index (χ3n) is 2.98. The van der Waals surface area contributed by atoms with Crippen molar-refractivity contribution in [2.75, 3.05) is 6.54 Å². The zero-order valence-corrected chi connectivity index (χ0v) is 10.1. The lowest BCUT2D eigenvalue weighted by molar-refractivity contribution is 0.477. The highest BCUT2D eigenvalue weighted by Crippen LogP contribution is 2.25. The first-order valence-electron chi connectivity index (χ1n) is 5.61. The number of nitrogens with zero attached hydrogens (tertiary/aromatic N) is 3. The number of hydrogen-bond donors (Lipinski definition) is 1. The molecular weight excluding hydrogens is 200 g/mol. The van der Waals surface area contributed by atoms with Gasteiger partial charge in [0.25, 0.3) is 0 Å². The lowest BCUT2D eigenvalue weighted by Crippen LogP contribution is -2.31. The van der Waals surface area contributed by atoms with Gasteiger partial charge in [-0.05, 0) is 13.0 Å². The molecule has 0 aliphatic heterocycles. The highest BCUT2D eigenvalue weighted by Gasteiger charge is 2.25. The summed E-state index contributed by atoms with van der Waals surface area (Å²) in [5, 5.41) is 0. The Morgan fingerprint density at radius 2 is 2.19 bits per heavy atom. The van der Waals surface area contributed by atoms with Crippen LogP contribution in [0.25, 0.3) is 11.0 Å². The Hall–Kier alpha value is -1.42. The Morgan fingerprint density at radius 3 is 2.81 bits per heavy atom. The first-order valence-corrected chi connectivity index (χ1v) is 5.61. The molecule has 0 radical (unpaired) electrons. The molecule has 4 nitrogen and oxygen atoms in total. The molecule has 16 heavy (non-hydrogen) atoms. The summed E-state index contributed by atoms with van der Waals surface area (Å²) in [5.74, 6) is 1.04. The molecule has 2 aromatic heterocycles. The summed E-state index contributed by atoms with van der Waals surface area (Å²) < 4.78 is 2.21. The number of fused-ring (bicyclic) bond motifs is 1. The first-order chi connectivity index (χ1) is 7.60. The first kappa shape index (κ1) is 11.1. The molecule has 0 bridgehead atoms. The van der Waals surface area contributed by atoms with Gasteiger partial charge >= 0.3 is 0 Å². The zero-order valence-electron chi connectivity index (χ0n) is 10.1. The number of pyridine rings is 1. The van der Waals surface area contributed by atoms with Crippen LogP contribution < -0.4 is 5.73 Å². The van der Waals surface area contributed by atoms with Crippen molar-refractivity contribution in [3.8, 4) is 0 Å². The largest absolute Gasteiger partial charge is 0.329 e. The van der Waals surface area contributed by atoms with Gasteiger partial charge in [0.1, 0.15) is 11.3 Å². The summed E-state index contributed by atoms with van der Waals surface area (Å²) in [5.41, 5.74) is 7.79. The predicted octanol–water partition coefficient (Wildman–Crippen LogP) is 1.69. The van der Waals surface area contributed by atoms with E-state index in [0.717, 1.165) is 23.4 Å². The van der Waals surface area contributed by atoms with Crippen molar-refractivity contribution in [1.29, 1.82) is 0 Å². The van der Waals surface area contributed by atoms with E-state index < -0.39 is 0 Å². The minimum atomic E-state index is -0.102. The van der Waals surface area contributed by atoms with Crippen LogP contribution in [-0.2, 0) is 12.0 Å². The normalized spacial score (nSPS) is 12.2. The maximum absolute atomic E-state index is 5.81. The molecule has 0 aromatic carbocycles. The minimum Gasteiger partial charge on any atom is -0.329 e. The van der Waals surface area contributed by atoms with Gasteiger partial charge in [0.15, 0.2) is 0 Å². The highest BCUT2D eigenvalue weighted by molar-refractivity contribution is 5.75. The van der Waals surface area contributed by atoms with Crippen LogP contribution in [0.15, 0.2) is 18.5 Å². The topological polar surface area (TPSA) is 56.7 Å². The van der Waals surface area contributed by atoms with Crippen LogP contribution in [0, 0.1) is 0 Å². The van der Waals surface area contributed by atoms with E-state index >= 15 is 0 Å². The molecule has 0 spiro atoms. The summed E-state index contributed by atoms with van der Waals surface area (Å²) in [4.78, 5) is 8.75. The van der Waals surface area contributed by atoms with Gasteiger partial charge in [-0.2, -0.15) is 0 Å². The second kappa shape index (κ2) is 3.87. The lowest BCUT2D eigenvalue weighted by atomic mass is 9.92. The van der Waals surface area contributed by atoms with Crippen LogP contribution >= 0.6 is 0 Å². The van der Waals surface area contributed by atoms with E-state index in [-0.39, 0.29) is 5.41 Å². The Bertz CT molecular complexity index is 499. The molecule has 0 saturated carbocycles. The van der Waals surface area contributed by atoms with E-state index in [4.69, 9.17) is 5.73 Å². The van der Waals surface area contributed by atoms with Crippen LogP contribution in [-0.4, -0.2) is 21.1 Å². The molecule has 0 fully saturated rings. The molecule has 0 atom stereocenters. The van der Waals surface area contributed by atoms with Crippen molar-refractivity contribution in [2.45, 2.75) is 32.7 Å². The molecule has 0 amide bonds. The van der Waals surface area contributed by atoms with Crippen molar-refractivity contribution < 1.29 is 0 Å². The van der Waals surface area contributed by atoms with Gasteiger partial charge in [0.2, 0.25) is 0 Å². The van der Waals surface area contributed by atoms with Crippen LogP contribution in [0.3, 0.4) is 0 Å². The van der Waals surface area contributed by atoms with Gasteiger partial charge in [0, 0.05) is 24.7 Å². The van der Waals surface area contributed by atoms with Crippen LogP contribution in [0.4, 0.5) is 0 Å². The minimum absolute atomic E-state index is 0.102. The quantitative estimate of drug-likeness (QED) is 0.852. The fraction of sp³-hybridized carbons (Fsp3) is 0.500. The van der Waals surface area contributed by atoms with Crippen molar-refractivity contribution >= 4 is 11.0 Å². The number of aryl methyl sites for hydroxylation is 1. The Labute approximate surface area is 95.5 Å². The van der Waals surface area contributed by atoms with Gasteiger partial charge in [-0.15, -0.1) is 0 Å². The third-order valence-corrected chi connectivity index (χ3v) is 2.98. The van der Waals surface area contributed by atoms with E-state index in [0.29, 0.717) is 6.54 Å². The molecule has 2 rings (SSSR count). The molecule has 2 N–H and O–H groups in total. The molecule has 0 aliphatic rings. The second-order valence-corrected chi connectivity index (χ2v) is 4.63. The zero-order chi connectivity index (χ0) is 11.8. The van der Waals surface area contributed by atoms with Crippen LogP contribution in [0.5, 0.6) is 0 Å². The Kier molecular flexibility index (Phi) is 2.68. The molecule has 2 aromatic rings. The Balaban J connectivity index is 2.70. The van der Waals surface area contributed by atoms with Gasteiger partial charge in [-0.1, -0.05) is 13.8 Å². The standard InChI is InChI=1S/C12H18N4/c1-4-16-10-5-6-14-7-9(10)15-11(16)12(2,3)8-13/h5-7H,4,8,13H2,1-3H3. The van der Waals surface area contributed by atoms with Gasteiger partial charge in [-0.25, -0.2) is 4.98 Å². The van der Waals surface area contributed by atoms with E-state index in [1.807, 2.05) is 6.07 Å². The van der Waals surface area contributed by atoms with E-state index in [2.05, 4.69) is 35.3 Å². The molecule has 0 aliphatic carbocycles. The number of rotatable bonds is 3. The van der Waals surface area contributed by atoms with Crippen molar-refractivity contribution in [3.63, 3.8) is 0 Å². The average molecular weight is 218 g/mol. The van der Waals surface area contributed by atoms with Crippen molar-refractivity contribution in [3.05, 3.63) is 24.3 Å². The second-order valence-electron chi connectivity index (χ2n) is 4.63. The molecular formula is C12H18N4. The molecule has 2 heterocycles. The monoisotopic (exact) mass is 218 g/mol. The summed E-state index contributed by atoms with van der Waals surface area (Å²) in [6, 6.07) is 2.00. The summed E-state index contributed by atoms with van der Waals surface area (Å²) in [6.07, 6.45) is 3.60. The lowest BCUT2D eigenvalue weighted by Gasteiger charge is -2.22. The predicted molar refractivity (Wildman–Crippen MR) is 65.3 cm³/mol. The molecule has 4 heteroatoms. The number of hydrogen-bond acceptors (Lipinski definition) is 3. The SMILES string of the molecule is CCn1c(C(C)(C)CN)nc2cnccc21. The van der Waals surface area contributed by atoms with Crippen molar-refractivity contribution in [1.82, 2.24) is 14.5 Å². The average Bonchev–Trinajstić information content (AvgIpc) is 2.68. The van der Waals surface area contributed by atoms with E-state index in [1.165, 1.54) is 0 Å². The molecule has 0 unspecified atom stereocenters. The van der Waals surface area contributed by atoms with Crippen molar-refractivity contribution in [2.24, 2.45) is 5.73 Å². The number of imidazole rings is 1. The highest BCUT2D eigenvalue weighted by atomic mass is 15.1. The van der Waals surface area contributed by atoms with E-state index in [9.17, 15) is 0 Å². The summed E-state index contributed by atoms with van der Waals surface area (Å²) in [6.45, 7) is 7.85. The third kappa shape index (κ3) is 1.59. The van der Waals surface area contributed by atoms with Gasteiger partial charge < -0.3 is 10.3 Å². The fourth-order valence-electron chi connectivity index (χ4n) is 1.91. The molecule has 86 valence electrons. The summed E-state index contributed by atoms with van der Waals surface area (Å²) >= 11 is 0. The van der Waals surface area contributed by atoms with Gasteiger partial charge in [-0.3, -0.25) is 4.98 Å².